The highest BCUT2D eigenvalue weighted by molar-refractivity contribution is 5.94. The van der Waals surface area contributed by atoms with E-state index in [0.29, 0.717) is 90.5 Å². The summed E-state index contributed by atoms with van der Waals surface area (Å²) in [4.78, 5) is 120. The normalized spacial score (nSPS) is 14.2. The van der Waals surface area contributed by atoms with Crippen molar-refractivity contribution in [2.24, 2.45) is 0 Å². The summed E-state index contributed by atoms with van der Waals surface area (Å²) >= 11 is 0. The standard InChI is InChI=1S/C55H70FN9O12/c1-33-37-15-10-16-40(52-34(2)54(65-41(53(37)52)28-38(33)56)42-26-36(27-48(72)63-42)45(32-68)77-3)62-39(20-24-67)44(69)17-11-22-58-49(73)30-61-55(76)43(25-35-13-6-4-7-14-35)64-51(75)31-60-50(74)29-59-47(71)18-8-5-9-21-57-46(70)19-12-23-66/h4,6-7,12-14,19,23,26-28,39-40,43,45,62,67-68H,5,8-11,15-18,20-22,24-25,29-32H2,1-3H3,(H,57,70)(H,58,73)(H,59,71)(H,60,74)(H,61,76)(H,63,72)(H,64,75)/b19-12-/t39?,40-,43-,45?/m0/s1. The first kappa shape index (κ1) is 60.3. The number of aromatic nitrogens is 2. The number of aliphatic hydroxyl groups excluding tert-OH is 2. The Hall–Kier alpha value is -7.53. The Kier molecular flexibility index (Phi) is 24.2. The van der Waals surface area contributed by atoms with Crippen molar-refractivity contribution in [1.82, 2.24) is 47.2 Å². The molecule has 0 saturated carbocycles. The van der Waals surface area contributed by atoms with Crippen LogP contribution in [0.4, 0.5) is 4.39 Å². The van der Waals surface area contributed by atoms with Gasteiger partial charge in [-0.1, -0.05) is 36.8 Å². The van der Waals surface area contributed by atoms with Crippen LogP contribution in [0, 0.1) is 19.7 Å². The summed E-state index contributed by atoms with van der Waals surface area (Å²) in [5, 5.41) is 39.6. The molecule has 0 bridgehead atoms. The maximum absolute atomic E-state index is 15.5. The van der Waals surface area contributed by atoms with Crippen molar-refractivity contribution in [3.63, 3.8) is 0 Å². The molecule has 2 unspecified atom stereocenters. The van der Waals surface area contributed by atoms with E-state index in [0.717, 1.165) is 28.7 Å². The number of halogens is 1. The van der Waals surface area contributed by atoms with Crippen molar-refractivity contribution < 1.29 is 57.7 Å². The number of nitrogens with one attached hydrogen (secondary N) is 8. The number of benzene rings is 2. The van der Waals surface area contributed by atoms with E-state index in [1.54, 1.807) is 43.3 Å². The molecule has 2 heterocycles. The number of ketones is 1. The number of nitrogens with zero attached hydrogens (tertiary/aromatic N) is 1. The number of aldehydes is 1. The molecule has 0 aliphatic heterocycles. The summed E-state index contributed by atoms with van der Waals surface area (Å²) in [6.07, 6.45) is 5.94. The zero-order valence-electron chi connectivity index (χ0n) is 43.7. The molecule has 2 aromatic carbocycles. The van der Waals surface area contributed by atoms with E-state index in [2.05, 4.69) is 42.2 Å². The minimum absolute atomic E-state index is 0.0230. The number of aryl methyl sites for hydroxylation is 1. The van der Waals surface area contributed by atoms with Crippen LogP contribution in [0.25, 0.3) is 22.3 Å². The predicted octanol–water partition coefficient (Wildman–Crippen LogP) is 1.72. The number of ether oxygens (including phenoxy) is 1. The third-order valence-electron chi connectivity index (χ3n) is 13.2. The molecule has 22 heteroatoms. The number of carbonyl (C=O) groups is 8. The van der Waals surface area contributed by atoms with Gasteiger partial charge in [-0.15, -0.1) is 0 Å². The van der Waals surface area contributed by atoms with Crippen molar-refractivity contribution in [3.8, 4) is 11.4 Å². The van der Waals surface area contributed by atoms with Crippen LogP contribution >= 0.6 is 0 Å². The molecule has 1 aliphatic carbocycles. The second-order valence-corrected chi connectivity index (χ2v) is 18.7. The minimum Gasteiger partial charge on any atom is -0.396 e. The Morgan fingerprint density at radius 3 is 2.27 bits per heavy atom. The predicted molar refractivity (Wildman–Crippen MR) is 283 cm³/mol. The largest absolute Gasteiger partial charge is 0.396 e. The average Bonchev–Trinajstić information content (AvgIpc) is 3.66. The number of unbranched alkanes of at least 4 members (excludes halogenated alkanes) is 2. The van der Waals surface area contributed by atoms with Gasteiger partial charge in [0.25, 0.3) is 0 Å². The fraction of sp³-hybridized carbons (Fsp3) is 0.455. The van der Waals surface area contributed by atoms with Gasteiger partial charge in [-0.05, 0) is 104 Å². The molecule has 1 aliphatic rings. The van der Waals surface area contributed by atoms with Crippen molar-refractivity contribution in [1.29, 1.82) is 0 Å². The highest BCUT2D eigenvalue weighted by atomic mass is 19.1. The van der Waals surface area contributed by atoms with Crippen molar-refractivity contribution in [2.75, 3.05) is 53.0 Å². The van der Waals surface area contributed by atoms with E-state index >= 15 is 4.39 Å². The number of aliphatic hydroxyl groups is 2. The Morgan fingerprint density at radius 1 is 0.831 bits per heavy atom. The number of methoxy groups -OCH3 is 1. The number of carbonyl (C=O) groups excluding carboxylic acids is 8. The second kappa shape index (κ2) is 30.9. The van der Waals surface area contributed by atoms with E-state index in [-0.39, 0.29) is 70.1 Å². The van der Waals surface area contributed by atoms with E-state index in [9.17, 15) is 53.4 Å². The number of H-pyrrole nitrogens is 1. The molecule has 0 radical (unpaired) electrons. The number of allylic oxidation sites excluding steroid dienone is 1. The summed E-state index contributed by atoms with van der Waals surface area (Å²) < 4.78 is 20.9. The second-order valence-electron chi connectivity index (χ2n) is 18.7. The first-order chi connectivity index (χ1) is 37.1. The number of rotatable bonds is 31. The molecule has 77 heavy (non-hydrogen) atoms. The Bertz CT molecular complexity index is 2820. The number of Topliss-reactive ketones (excluding diaryl/α,β-unsaturated/α-hetero) is 1. The first-order valence-electron chi connectivity index (χ1n) is 25.8. The van der Waals surface area contributed by atoms with Crippen LogP contribution in [-0.2, 0) is 55.9 Å². The molecule has 5 rings (SSSR count). The van der Waals surface area contributed by atoms with Crippen LogP contribution in [0.2, 0.25) is 0 Å². The molecule has 6 amide bonds. The van der Waals surface area contributed by atoms with Gasteiger partial charge < -0.3 is 57.2 Å². The molecule has 2 aromatic heterocycles. The van der Waals surface area contributed by atoms with Gasteiger partial charge in [0.1, 0.15) is 30.0 Å². The van der Waals surface area contributed by atoms with E-state index in [1.165, 1.54) is 19.2 Å². The minimum atomic E-state index is -1.13. The fourth-order valence-corrected chi connectivity index (χ4v) is 9.22. The van der Waals surface area contributed by atoms with Gasteiger partial charge in [0.15, 0.2) is 0 Å². The molecule has 0 fully saturated rings. The SMILES string of the molecule is COC(CO)c1cc(-c2nc3cc(F)c(C)c4c3c(c2C)[C@@H](NC(CCO)C(=O)CCCNC(=O)CNC(=O)[C@H](Cc2ccccc2)NC(=O)CNC(=O)CNC(=O)CCCCCNC(=O)/C=C\C=O)CCC4)[nH]c(=O)c1. The highest BCUT2D eigenvalue weighted by Crippen LogP contribution is 2.41. The lowest BCUT2D eigenvalue weighted by Gasteiger charge is -2.28. The monoisotopic (exact) mass is 1070 g/mol. The lowest BCUT2D eigenvalue weighted by atomic mass is 9.89. The van der Waals surface area contributed by atoms with Crippen molar-refractivity contribution in [3.05, 3.63) is 110 Å². The number of aromatic amines is 1. The van der Waals surface area contributed by atoms with E-state index in [4.69, 9.17) is 9.72 Å². The van der Waals surface area contributed by atoms with Gasteiger partial charge in [0.2, 0.25) is 41.0 Å². The molecule has 4 aromatic rings. The fourth-order valence-electron chi connectivity index (χ4n) is 9.22. The van der Waals surface area contributed by atoms with Crippen LogP contribution in [0.1, 0.15) is 103 Å². The van der Waals surface area contributed by atoms with Gasteiger partial charge in [-0.2, -0.15) is 0 Å². The summed E-state index contributed by atoms with van der Waals surface area (Å²) in [6.45, 7) is 2.01. The van der Waals surface area contributed by atoms with Crippen LogP contribution < -0.4 is 42.8 Å². The lowest BCUT2D eigenvalue weighted by molar-refractivity contribution is -0.131. The number of hydrogen-bond donors (Lipinski definition) is 10. The number of hydrogen-bond acceptors (Lipinski definition) is 14. The Labute approximate surface area is 445 Å². The third kappa shape index (κ3) is 18.3. The zero-order chi connectivity index (χ0) is 55.9. The summed E-state index contributed by atoms with van der Waals surface area (Å²) in [5.74, 6) is -3.97. The van der Waals surface area contributed by atoms with Gasteiger partial charge in [0, 0.05) is 75.7 Å². The lowest BCUT2D eigenvalue weighted by Crippen LogP contribution is -2.52. The van der Waals surface area contributed by atoms with Crippen LogP contribution in [0.15, 0.2) is 65.5 Å². The van der Waals surface area contributed by atoms with Gasteiger partial charge in [0.05, 0.1) is 49.2 Å². The van der Waals surface area contributed by atoms with Crippen molar-refractivity contribution in [2.45, 2.75) is 109 Å². The quantitative estimate of drug-likeness (QED) is 0.0195. The van der Waals surface area contributed by atoms with Gasteiger partial charge in [-0.3, -0.25) is 43.2 Å². The molecule has 10 N–H and O–H groups in total. The molecule has 0 spiro atoms. The van der Waals surface area contributed by atoms with E-state index in [1.807, 2.05) is 6.92 Å². The molecular weight excluding hydrogens is 998 g/mol. The number of amides is 6. The Morgan fingerprint density at radius 2 is 1.55 bits per heavy atom. The van der Waals surface area contributed by atoms with Gasteiger partial charge >= 0.3 is 0 Å². The van der Waals surface area contributed by atoms with Crippen LogP contribution in [0.5, 0.6) is 0 Å². The maximum Gasteiger partial charge on any atom is 0.248 e. The smallest absolute Gasteiger partial charge is 0.248 e. The number of pyridine rings is 2. The molecular formula is C55H70FN9O12. The molecule has 4 atom stereocenters. The van der Waals surface area contributed by atoms with Crippen LogP contribution in [0.3, 0.4) is 0 Å². The average molecular weight is 1070 g/mol. The summed E-state index contributed by atoms with van der Waals surface area (Å²) in [5.41, 5.74) is 4.53. The summed E-state index contributed by atoms with van der Waals surface area (Å²) in [7, 11) is 1.42. The first-order valence-corrected chi connectivity index (χ1v) is 25.8. The summed E-state index contributed by atoms with van der Waals surface area (Å²) in [6, 6.07) is 10.8. The Balaban J connectivity index is 1.13. The topological polar surface area (TPSA) is 316 Å². The molecule has 21 nitrogen and oxygen atoms in total. The van der Waals surface area contributed by atoms with E-state index < -0.39 is 78.2 Å². The van der Waals surface area contributed by atoms with Crippen LogP contribution in [-0.4, -0.2) is 133 Å². The molecule has 0 saturated heterocycles. The highest BCUT2D eigenvalue weighted by Gasteiger charge is 2.31. The van der Waals surface area contributed by atoms with Gasteiger partial charge in [-0.25, -0.2) is 9.37 Å². The third-order valence-corrected chi connectivity index (χ3v) is 13.2. The molecule has 414 valence electrons. The zero-order valence-corrected chi connectivity index (χ0v) is 43.7. The van der Waals surface area contributed by atoms with Crippen molar-refractivity contribution >= 4 is 58.4 Å². The maximum atomic E-state index is 15.5.